The van der Waals surface area contributed by atoms with Crippen LogP contribution in [0.5, 0.6) is 5.75 Å². The van der Waals surface area contributed by atoms with Gasteiger partial charge in [-0.3, -0.25) is 9.69 Å². The van der Waals surface area contributed by atoms with E-state index in [1.165, 1.54) is 0 Å². The van der Waals surface area contributed by atoms with Crippen LogP contribution >= 0.6 is 15.9 Å². The number of benzene rings is 2. The number of ether oxygens (including phenoxy) is 1. The Morgan fingerprint density at radius 2 is 1.88 bits per heavy atom. The molecular formula is C24H27BrN4O3. The molecular weight excluding hydrogens is 472 g/mol. The van der Waals surface area contributed by atoms with Crippen LogP contribution in [0.4, 0.5) is 0 Å². The minimum Gasteiger partial charge on any atom is -0.494 e. The van der Waals surface area contributed by atoms with E-state index in [-0.39, 0.29) is 11.8 Å². The Morgan fingerprint density at radius 3 is 2.56 bits per heavy atom. The van der Waals surface area contributed by atoms with E-state index >= 15 is 0 Å². The predicted molar refractivity (Wildman–Crippen MR) is 125 cm³/mol. The molecule has 0 saturated carbocycles. The van der Waals surface area contributed by atoms with Gasteiger partial charge in [-0.15, -0.1) is 0 Å². The third kappa shape index (κ3) is 5.95. The molecule has 3 aromatic rings. The molecule has 0 unspecified atom stereocenters. The highest BCUT2D eigenvalue weighted by Gasteiger charge is 2.26. The Labute approximate surface area is 196 Å². The quantitative estimate of drug-likeness (QED) is 0.494. The zero-order chi connectivity index (χ0) is 22.3. The third-order valence-corrected chi connectivity index (χ3v) is 6.12. The second-order valence-electron chi connectivity index (χ2n) is 7.86. The van der Waals surface area contributed by atoms with Gasteiger partial charge in [-0.1, -0.05) is 33.2 Å². The Balaban J connectivity index is 1.22. The van der Waals surface area contributed by atoms with Crippen molar-refractivity contribution in [3.8, 4) is 17.1 Å². The molecule has 1 fully saturated rings. The summed E-state index contributed by atoms with van der Waals surface area (Å²) in [4.78, 5) is 19.4. The van der Waals surface area contributed by atoms with E-state index < -0.39 is 0 Å². The van der Waals surface area contributed by atoms with Crippen LogP contribution in [0.1, 0.15) is 31.2 Å². The summed E-state index contributed by atoms with van der Waals surface area (Å²) in [5.41, 5.74) is 1.99. The van der Waals surface area contributed by atoms with E-state index in [1.807, 2.05) is 55.5 Å². The molecule has 4 rings (SSSR count). The van der Waals surface area contributed by atoms with Crippen molar-refractivity contribution in [2.45, 2.75) is 32.9 Å². The first-order chi connectivity index (χ1) is 15.6. The summed E-state index contributed by atoms with van der Waals surface area (Å²) in [6.45, 7) is 5.40. The number of hydrogen-bond acceptors (Lipinski definition) is 6. The molecule has 1 saturated heterocycles. The lowest BCUT2D eigenvalue weighted by atomic mass is 9.96. The van der Waals surface area contributed by atoms with Crippen molar-refractivity contribution in [1.82, 2.24) is 20.4 Å². The number of carbonyl (C=O) groups is 1. The van der Waals surface area contributed by atoms with Gasteiger partial charge in [0.05, 0.1) is 13.2 Å². The van der Waals surface area contributed by atoms with Crippen LogP contribution in [0.2, 0.25) is 0 Å². The first-order valence-corrected chi connectivity index (χ1v) is 11.7. The van der Waals surface area contributed by atoms with E-state index in [0.717, 1.165) is 47.3 Å². The normalized spacial score (nSPS) is 14.9. The van der Waals surface area contributed by atoms with E-state index in [9.17, 15) is 4.79 Å². The lowest BCUT2D eigenvalue weighted by Crippen LogP contribution is -2.40. The molecule has 1 aliphatic rings. The molecule has 2 heterocycles. The summed E-state index contributed by atoms with van der Waals surface area (Å²) >= 11 is 3.43. The van der Waals surface area contributed by atoms with Crippen LogP contribution in [0.25, 0.3) is 11.4 Å². The van der Waals surface area contributed by atoms with Gasteiger partial charge in [0.1, 0.15) is 5.75 Å². The number of piperidine rings is 1. The minimum absolute atomic E-state index is 0.0370. The average molecular weight is 499 g/mol. The molecule has 0 aliphatic carbocycles. The highest BCUT2D eigenvalue weighted by atomic mass is 79.9. The van der Waals surface area contributed by atoms with Crippen molar-refractivity contribution in [3.63, 3.8) is 0 Å². The van der Waals surface area contributed by atoms with Gasteiger partial charge in [0.2, 0.25) is 17.6 Å². The van der Waals surface area contributed by atoms with E-state index in [4.69, 9.17) is 9.26 Å². The zero-order valence-electron chi connectivity index (χ0n) is 18.1. The van der Waals surface area contributed by atoms with Crippen molar-refractivity contribution in [2.24, 2.45) is 5.92 Å². The summed E-state index contributed by atoms with van der Waals surface area (Å²) < 4.78 is 11.9. The maximum absolute atomic E-state index is 12.6. The fraction of sp³-hybridized carbons (Fsp3) is 0.375. The fourth-order valence-corrected chi connectivity index (χ4v) is 4.05. The average Bonchev–Trinajstić information content (AvgIpc) is 3.28. The SMILES string of the molecule is CCOc1ccc(CNC(=O)C2CCN(Cc3nc(-c4ccc(Br)cc4)no3)CC2)cc1. The van der Waals surface area contributed by atoms with Crippen molar-refractivity contribution in [2.75, 3.05) is 19.7 Å². The number of aromatic nitrogens is 2. The highest BCUT2D eigenvalue weighted by molar-refractivity contribution is 9.10. The lowest BCUT2D eigenvalue weighted by molar-refractivity contribution is -0.126. The smallest absolute Gasteiger partial charge is 0.241 e. The number of nitrogens with one attached hydrogen (secondary N) is 1. The van der Waals surface area contributed by atoms with Crippen LogP contribution in [0.15, 0.2) is 57.5 Å². The van der Waals surface area contributed by atoms with E-state index in [2.05, 4.69) is 36.3 Å². The van der Waals surface area contributed by atoms with Crippen molar-refractivity contribution in [1.29, 1.82) is 0 Å². The summed E-state index contributed by atoms with van der Waals surface area (Å²) in [6, 6.07) is 15.7. The Kier molecular flexibility index (Phi) is 7.55. The number of likely N-dealkylation sites (tertiary alicyclic amines) is 1. The molecule has 0 radical (unpaired) electrons. The minimum atomic E-state index is 0.0370. The molecule has 8 heteroatoms. The number of amides is 1. The third-order valence-electron chi connectivity index (χ3n) is 5.59. The molecule has 0 bridgehead atoms. The number of hydrogen-bond donors (Lipinski definition) is 1. The molecule has 1 amide bonds. The van der Waals surface area contributed by atoms with Crippen molar-refractivity contribution >= 4 is 21.8 Å². The molecule has 0 atom stereocenters. The Hall–Kier alpha value is -2.71. The molecule has 1 aromatic heterocycles. The van der Waals surface area contributed by atoms with Gasteiger partial charge >= 0.3 is 0 Å². The van der Waals surface area contributed by atoms with Gasteiger partial charge in [-0.05, 0) is 74.8 Å². The summed E-state index contributed by atoms with van der Waals surface area (Å²) in [7, 11) is 0. The van der Waals surface area contributed by atoms with E-state index in [0.29, 0.717) is 31.4 Å². The number of carbonyl (C=O) groups excluding carboxylic acids is 1. The number of nitrogens with zero attached hydrogens (tertiary/aromatic N) is 3. The predicted octanol–water partition coefficient (Wildman–Crippen LogP) is 4.43. The molecule has 7 nitrogen and oxygen atoms in total. The monoisotopic (exact) mass is 498 g/mol. The second kappa shape index (κ2) is 10.7. The van der Waals surface area contributed by atoms with Gasteiger partial charge in [0.15, 0.2) is 0 Å². The first-order valence-electron chi connectivity index (χ1n) is 10.9. The van der Waals surface area contributed by atoms with E-state index in [1.54, 1.807) is 0 Å². The van der Waals surface area contributed by atoms with Crippen molar-refractivity contribution in [3.05, 3.63) is 64.5 Å². The molecule has 1 N–H and O–H groups in total. The van der Waals surface area contributed by atoms with Crippen LogP contribution in [0, 0.1) is 5.92 Å². The largest absolute Gasteiger partial charge is 0.494 e. The summed E-state index contributed by atoms with van der Waals surface area (Å²) in [6.07, 6.45) is 1.64. The molecule has 32 heavy (non-hydrogen) atoms. The van der Waals surface area contributed by atoms with Gasteiger partial charge in [0, 0.05) is 22.5 Å². The van der Waals surface area contributed by atoms with Crippen LogP contribution in [0.3, 0.4) is 0 Å². The summed E-state index contributed by atoms with van der Waals surface area (Å²) in [5.74, 6) is 2.20. The van der Waals surface area contributed by atoms with Gasteiger partial charge in [-0.2, -0.15) is 4.98 Å². The molecule has 168 valence electrons. The highest BCUT2D eigenvalue weighted by Crippen LogP contribution is 2.22. The summed E-state index contributed by atoms with van der Waals surface area (Å²) in [5, 5.41) is 7.16. The Bertz CT molecular complexity index is 1010. The number of halogens is 1. The lowest BCUT2D eigenvalue weighted by Gasteiger charge is -2.30. The van der Waals surface area contributed by atoms with Gasteiger partial charge < -0.3 is 14.6 Å². The van der Waals surface area contributed by atoms with Crippen LogP contribution in [-0.2, 0) is 17.9 Å². The maximum Gasteiger partial charge on any atom is 0.241 e. The molecule has 0 spiro atoms. The standard InChI is InChI=1S/C24H27BrN4O3/c1-2-31-21-9-3-17(4-10-21)15-26-24(30)19-11-13-29(14-12-19)16-22-27-23(28-32-22)18-5-7-20(25)8-6-18/h3-10,19H,2,11-16H2,1H3,(H,26,30). The fourth-order valence-electron chi connectivity index (χ4n) is 3.78. The molecule has 2 aromatic carbocycles. The van der Waals surface area contributed by atoms with Gasteiger partial charge in [-0.25, -0.2) is 0 Å². The van der Waals surface area contributed by atoms with Gasteiger partial charge in [0.25, 0.3) is 0 Å². The second-order valence-corrected chi connectivity index (χ2v) is 8.78. The first kappa shape index (κ1) is 22.5. The maximum atomic E-state index is 12.6. The molecule has 1 aliphatic heterocycles. The van der Waals surface area contributed by atoms with Crippen molar-refractivity contribution < 1.29 is 14.1 Å². The van der Waals surface area contributed by atoms with Crippen LogP contribution in [-0.4, -0.2) is 40.6 Å². The Morgan fingerprint density at radius 1 is 1.16 bits per heavy atom. The number of rotatable bonds is 8. The zero-order valence-corrected chi connectivity index (χ0v) is 19.7. The van der Waals surface area contributed by atoms with Crippen LogP contribution < -0.4 is 10.1 Å². The topological polar surface area (TPSA) is 80.5 Å².